The van der Waals surface area contributed by atoms with Gasteiger partial charge in [-0.3, -0.25) is 4.90 Å². The maximum absolute atomic E-state index is 9.04. The quantitative estimate of drug-likeness (QED) is 0.703. The van der Waals surface area contributed by atoms with Crippen LogP contribution < -0.4 is 0 Å². The molecule has 0 saturated carbocycles. The lowest BCUT2D eigenvalue weighted by atomic mass is 10.2. The van der Waals surface area contributed by atoms with Crippen molar-refractivity contribution in [3.63, 3.8) is 0 Å². The molecule has 0 aromatic rings. The van der Waals surface area contributed by atoms with E-state index in [1.807, 2.05) is 6.08 Å². The zero-order valence-corrected chi connectivity index (χ0v) is 10.0. The van der Waals surface area contributed by atoms with Crippen molar-refractivity contribution in [2.24, 2.45) is 0 Å². The zero-order valence-electron chi connectivity index (χ0n) is 10.0. The lowest BCUT2D eigenvalue weighted by Crippen LogP contribution is -2.41. The van der Waals surface area contributed by atoms with Crippen LogP contribution in [0, 0.1) is 0 Å². The molecule has 0 aromatic carbocycles. The molecule has 1 fully saturated rings. The molecule has 0 radical (unpaired) electrons. The Balaban J connectivity index is 2.60. The second-order valence-corrected chi connectivity index (χ2v) is 4.53. The van der Waals surface area contributed by atoms with Gasteiger partial charge in [0.2, 0.25) is 0 Å². The third-order valence-corrected chi connectivity index (χ3v) is 3.42. The maximum atomic E-state index is 9.04. The summed E-state index contributed by atoms with van der Waals surface area (Å²) in [7, 11) is 2.16. The van der Waals surface area contributed by atoms with Crippen molar-refractivity contribution in [3.8, 4) is 0 Å². The van der Waals surface area contributed by atoms with Crippen LogP contribution in [0.3, 0.4) is 0 Å². The molecule has 0 spiro atoms. The summed E-state index contributed by atoms with van der Waals surface area (Å²) in [6.45, 7) is 9.49. The molecule has 1 aliphatic heterocycles. The second kappa shape index (κ2) is 6.26. The smallest absolute Gasteiger partial charge is 0.0446 e. The predicted octanol–water partition coefficient (Wildman–Crippen LogP) is 0.949. The number of aliphatic hydroxyl groups is 1. The molecular weight excluding hydrogens is 188 g/mol. The SMILES string of the molecule is C=CCN1CC(CCO)N(C)CCC1C. The Labute approximate surface area is 93.4 Å². The highest BCUT2D eigenvalue weighted by Crippen LogP contribution is 2.15. The molecule has 15 heavy (non-hydrogen) atoms. The zero-order chi connectivity index (χ0) is 11.3. The highest BCUT2D eigenvalue weighted by atomic mass is 16.3. The van der Waals surface area contributed by atoms with E-state index in [1.165, 1.54) is 6.42 Å². The van der Waals surface area contributed by atoms with Crippen molar-refractivity contribution < 1.29 is 5.11 Å². The number of hydrogen-bond donors (Lipinski definition) is 1. The Hall–Kier alpha value is -0.380. The summed E-state index contributed by atoms with van der Waals surface area (Å²) in [4.78, 5) is 4.83. The lowest BCUT2D eigenvalue weighted by molar-refractivity contribution is 0.160. The minimum Gasteiger partial charge on any atom is -0.396 e. The summed E-state index contributed by atoms with van der Waals surface area (Å²) in [6.07, 6.45) is 4.04. The minimum atomic E-state index is 0.283. The Morgan fingerprint density at radius 2 is 2.27 bits per heavy atom. The average Bonchev–Trinajstić information content (AvgIpc) is 2.34. The van der Waals surface area contributed by atoms with E-state index >= 15 is 0 Å². The molecule has 0 aromatic heterocycles. The summed E-state index contributed by atoms with van der Waals surface area (Å²) in [5, 5.41) is 9.04. The maximum Gasteiger partial charge on any atom is 0.0446 e. The van der Waals surface area contributed by atoms with Crippen molar-refractivity contribution in [1.82, 2.24) is 9.80 Å². The first-order chi connectivity index (χ1) is 7.19. The van der Waals surface area contributed by atoms with Crippen LogP contribution in [-0.4, -0.2) is 60.3 Å². The van der Waals surface area contributed by atoms with Gasteiger partial charge in [-0.1, -0.05) is 6.08 Å². The van der Waals surface area contributed by atoms with E-state index in [1.54, 1.807) is 0 Å². The van der Waals surface area contributed by atoms with E-state index in [0.717, 1.165) is 26.1 Å². The van der Waals surface area contributed by atoms with Gasteiger partial charge in [0.05, 0.1) is 0 Å². The molecule has 1 heterocycles. The fourth-order valence-corrected chi connectivity index (χ4v) is 2.23. The van der Waals surface area contributed by atoms with E-state index in [4.69, 9.17) is 5.11 Å². The Morgan fingerprint density at radius 1 is 1.53 bits per heavy atom. The first-order valence-corrected chi connectivity index (χ1v) is 5.85. The first-order valence-electron chi connectivity index (χ1n) is 5.85. The molecule has 1 aliphatic rings. The Kier molecular flexibility index (Phi) is 5.29. The molecule has 88 valence electrons. The highest BCUT2D eigenvalue weighted by molar-refractivity contribution is 4.85. The third kappa shape index (κ3) is 3.59. The van der Waals surface area contributed by atoms with Gasteiger partial charge in [-0.15, -0.1) is 6.58 Å². The fraction of sp³-hybridized carbons (Fsp3) is 0.833. The van der Waals surface area contributed by atoms with Gasteiger partial charge < -0.3 is 10.0 Å². The molecule has 1 N–H and O–H groups in total. The molecule has 0 aliphatic carbocycles. The van der Waals surface area contributed by atoms with E-state index in [9.17, 15) is 0 Å². The molecule has 1 saturated heterocycles. The second-order valence-electron chi connectivity index (χ2n) is 4.53. The number of nitrogens with zero attached hydrogens (tertiary/aromatic N) is 2. The highest BCUT2D eigenvalue weighted by Gasteiger charge is 2.25. The van der Waals surface area contributed by atoms with Crippen LogP contribution in [0.1, 0.15) is 19.8 Å². The van der Waals surface area contributed by atoms with E-state index in [0.29, 0.717) is 12.1 Å². The van der Waals surface area contributed by atoms with Gasteiger partial charge in [-0.2, -0.15) is 0 Å². The molecule has 0 amide bonds. The summed E-state index contributed by atoms with van der Waals surface area (Å²) in [5.74, 6) is 0. The molecule has 1 rings (SSSR count). The minimum absolute atomic E-state index is 0.283. The molecule has 0 bridgehead atoms. The number of likely N-dealkylation sites (N-methyl/N-ethyl adjacent to an activating group) is 1. The standard InChI is InChI=1S/C12H24N2O/c1-4-7-14-10-12(6-9-15)13(3)8-5-11(14)2/h4,11-12,15H,1,5-10H2,2-3H3. The van der Waals surface area contributed by atoms with Crippen molar-refractivity contribution in [3.05, 3.63) is 12.7 Å². The first kappa shape index (κ1) is 12.7. The number of rotatable bonds is 4. The number of aliphatic hydroxyl groups excluding tert-OH is 1. The molecule has 2 unspecified atom stereocenters. The normalized spacial score (nSPS) is 30.1. The van der Waals surface area contributed by atoms with Gasteiger partial charge in [-0.25, -0.2) is 0 Å². The van der Waals surface area contributed by atoms with Gasteiger partial charge in [-0.05, 0) is 33.4 Å². The Morgan fingerprint density at radius 3 is 2.87 bits per heavy atom. The largest absolute Gasteiger partial charge is 0.396 e. The van der Waals surface area contributed by atoms with Crippen molar-refractivity contribution >= 4 is 0 Å². The molecular formula is C12H24N2O. The summed E-state index contributed by atoms with van der Waals surface area (Å²) >= 11 is 0. The van der Waals surface area contributed by atoms with E-state index in [-0.39, 0.29) is 6.61 Å². The lowest BCUT2D eigenvalue weighted by Gasteiger charge is -2.29. The van der Waals surface area contributed by atoms with Gasteiger partial charge in [0, 0.05) is 31.8 Å². The van der Waals surface area contributed by atoms with Crippen LogP contribution in [0.25, 0.3) is 0 Å². The average molecular weight is 212 g/mol. The van der Waals surface area contributed by atoms with Gasteiger partial charge in [0.15, 0.2) is 0 Å². The third-order valence-electron chi connectivity index (χ3n) is 3.42. The molecule has 3 heteroatoms. The van der Waals surface area contributed by atoms with E-state index < -0.39 is 0 Å². The summed E-state index contributed by atoms with van der Waals surface area (Å²) < 4.78 is 0. The van der Waals surface area contributed by atoms with Crippen molar-refractivity contribution in [2.75, 3.05) is 33.3 Å². The molecule has 3 nitrogen and oxygen atoms in total. The van der Waals surface area contributed by atoms with Gasteiger partial charge >= 0.3 is 0 Å². The van der Waals surface area contributed by atoms with E-state index in [2.05, 4.69) is 30.4 Å². The Bertz CT molecular complexity index is 196. The number of hydrogen-bond acceptors (Lipinski definition) is 3. The molecule has 2 atom stereocenters. The van der Waals surface area contributed by atoms with Crippen LogP contribution in [-0.2, 0) is 0 Å². The van der Waals surface area contributed by atoms with Crippen LogP contribution in [0.15, 0.2) is 12.7 Å². The summed E-state index contributed by atoms with van der Waals surface area (Å²) in [6, 6.07) is 1.11. The van der Waals surface area contributed by atoms with Crippen molar-refractivity contribution in [2.45, 2.75) is 31.8 Å². The summed E-state index contributed by atoms with van der Waals surface area (Å²) in [5.41, 5.74) is 0. The van der Waals surface area contributed by atoms with Crippen LogP contribution in [0.5, 0.6) is 0 Å². The predicted molar refractivity (Wildman–Crippen MR) is 64.0 cm³/mol. The monoisotopic (exact) mass is 212 g/mol. The van der Waals surface area contributed by atoms with Gasteiger partial charge in [0.1, 0.15) is 0 Å². The fourth-order valence-electron chi connectivity index (χ4n) is 2.23. The van der Waals surface area contributed by atoms with Crippen LogP contribution >= 0.6 is 0 Å². The van der Waals surface area contributed by atoms with Crippen molar-refractivity contribution in [1.29, 1.82) is 0 Å². The van der Waals surface area contributed by atoms with Crippen LogP contribution in [0.4, 0.5) is 0 Å². The topological polar surface area (TPSA) is 26.7 Å². The van der Waals surface area contributed by atoms with Crippen LogP contribution in [0.2, 0.25) is 0 Å². The van der Waals surface area contributed by atoms with Gasteiger partial charge in [0.25, 0.3) is 0 Å².